The lowest BCUT2D eigenvalue weighted by atomic mass is 10.0. The zero-order valence-corrected chi connectivity index (χ0v) is 38.8. The molecule has 1 aromatic rings. The van der Waals surface area contributed by atoms with Gasteiger partial charge in [0.1, 0.15) is 12.6 Å². The molecule has 4 N–H and O–H groups in total. The van der Waals surface area contributed by atoms with E-state index in [0.717, 1.165) is 10.5 Å². The third kappa shape index (κ3) is 27.5. The highest BCUT2D eigenvalue weighted by atomic mass is 16.6. The van der Waals surface area contributed by atoms with E-state index < -0.39 is 30.0 Å². The first-order valence-electron chi connectivity index (χ1n) is 22.1. The average Bonchev–Trinajstić information content (AvgIpc) is 3.60. The summed E-state index contributed by atoms with van der Waals surface area (Å²) >= 11 is 0. The second kappa shape index (κ2) is 35.7. The van der Waals surface area contributed by atoms with Crippen molar-refractivity contribution in [1.82, 2.24) is 25.8 Å². The molecule has 21 heteroatoms. The van der Waals surface area contributed by atoms with E-state index in [-0.39, 0.29) is 43.2 Å². The quantitative estimate of drug-likeness (QED) is 0.0530. The van der Waals surface area contributed by atoms with Crippen molar-refractivity contribution < 1.29 is 71.4 Å². The van der Waals surface area contributed by atoms with E-state index in [0.29, 0.717) is 131 Å². The molecule has 6 amide bonds. The fraction of sp³-hybridized carbons (Fsp3) is 0.682. The van der Waals surface area contributed by atoms with E-state index in [1.807, 2.05) is 13.8 Å². The van der Waals surface area contributed by atoms with Crippen molar-refractivity contribution in [3.8, 4) is 0 Å². The average molecular weight is 925 g/mol. The Morgan fingerprint density at radius 1 is 0.615 bits per heavy atom. The molecule has 0 aliphatic carbocycles. The standard InChI is InChI=1S/C44H72N6O15/c1-34(2)41(43(55)47-35(3)42(54)48-37-9-7-36(8-10-37)33-65-44(56)49(4)5)46-14-6-17-57-19-21-59-23-25-61-27-29-63-31-32-64-30-28-62-26-24-60-22-20-58-18-15-45-38(51)13-16-50-39(52)11-12-40(50)53/h7-12,34-35,41,46H,6,13-33H2,1-5H3,(H,45,51)(H,47,55)(H,48,54)/t35-,41-/m0/s1. The van der Waals surface area contributed by atoms with Crippen LogP contribution in [-0.4, -0.2) is 197 Å². The topological polar surface area (TPSA) is 240 Å². The van der Waals surface area contributed by atoms with Crippen LogP contribution >= 0.6 is 0 Å². The maximum Gasteiger partial charge on any atom is 0.409 e. The molecule has 0 saturated heterocycles. The Balaban J connectivity index is 1.30. The third-order valence-corrected chi connectivity index (χ3v) is 9.12. The molecule has 1 heterocycles. The highest BCUT2D eigenvalue weighted by Crippen LogP contribution is 2.12. The minimum absolute atomic E-state index is 0.00285. The maximum absolute atomic E-state index is 13.0. The van der Waals surface area contributed by atoms with Crippen LogP contribution in [0.2, 0.25) is 0 Å². The molecule has 0 aromatic heterocycles. The van der Waals surface area contributed by atoms with Gasteiger partial charge in [-0.05, 0) is 43.5 Å². The number of carbonyl (C=O) groups is 6. The molecule has 65 heavy (non-hydrogen) atoms. The first kappa shape index (κ1) is 56.5. The van der Waals surface area contributed by atoms with Crippen molar-refractivity contribution in [2.24, 2.45) is 5.92 Å². The molecule has 1 aromatic carbocycles. The third-order valence-electron chi connectivity index (χ3n) is 9.12. The zero-order valence-electron chi connectivity index (χ0n) is 38.8. The highest BCUT2D eigenvalue weighted by molar-refractivity contribution is 6.13. The Kier molecular flexibility index (Phi) is 31.0. The second-order valence-electron chi connectivity index (χ2n) is 15.1. The maximum atomic E-state index is 13.0. The normalized spacial score (nSPS) is 13.3. The molecule has 0 bridgehead atoms. The molecule has 0 saturated carbocycles. The van der Waals surface area contributed by atoms with E-state index in [9.17, 15) is 28.8 Å². The summed E-state index contributed by atoms with van der Waals surface area (Å²) in [5, 5.41) is 11.5. The lowest BCUT2D eigenvalue weighted by molar-refractivity contribution is -0.137. The van der Waals surface area contributed by atoms with Gasteiger partial charge in [-0.2, -0.15) is 0 Å². The Bertz CT molecular complexity index is 1530. The predicted molar refractivity (Wildman–Crippen MR) is 238 cm³/mol. The van der Waals surface area contributed by atoms with Gasteiger partial charge in [0.05, 0.1) is 105 Å². The van der Waals surface area contributed by atoms with E-state index >= 15 is 0 Å². The molecule has 0 radical (unpaired) electrons. The largest absolute Gasteiger partial charge is 0.445 e. The number of imide groups is 1. The molecular formula is C44H72N6O15. The Labute approximate surface area is 382 Å². The minimum atomic E-state index is -0.762. The summed E-state index contributed by atoms with van der Waals surface area (Å²) in [6.45, 7) is 13.4. The predicted octanol–water partition coefficient (Wildman–Crippen LogP) is 0.896. The molecule has 368 valence electrons. The van der Waals surface area contributed by atoms with E-state index in [2.05, 4.69) is 21.3 Å². The molecule has 2 rings (SSSR count). The van der Waals surface area contributed by atoms with Crippen LogP contribution in [0.3, 0.4) is 0 Å². The van der Waals surface area contributed by atoms with Crippen LogP contribution in [0.5, 0.6) is 0 Å². The van der Waals surface area contributed by atoms with Gasteiger partial charge in [-0.25, -0.2) is 4.79 Å². The lowest BCUT2D eigenvalue weighted by Gasteiger charge is -2.24. The molecule has 1 aliphatic heterocycles. The molecule has 21 nitrogen and oxygen atoms in total. The first-order valence-corrected chi connectivity index (χ1v) is 22.1. The number of anilines is 1. The number of nitrogens with one attached hydrogen (secondary N) is 4. The van der Waals surface area contributed by atoms with Crippen LogP contribution < -0.4 is 21.3 Å². The number of amides is 6. The lowest BCUT2D eigenvalue weighted by Crippen LogP contribution is -2.52. The van der Waals surface area contributed by atoms with Crippen LogP contribution in [-0.2, 0) is 73.2 Å². The van der Waals surface area contributed by atoms with Crippen LogP contribution in [0, 0.1) is 5.92 Å². The smallest absolute Gasteiger partial charge is 0.409 e. The number of ether oxygens (including phenoxy) is 9. The van der Waals surface area contributed by atoms with Gasteiger partial charge in [0.2, 0.25) is 17.7 Å². The fourth-order valence-electron chi connectivity index (χ4n) is 5.50. The van der Waals surface area contributed by atoms with Crippen molar-refractivity contribution in [3.63, 3.8) is 0 Å². The van der Waals surface area contributed by atoms with E-state index in [1.165, 1.54) is 17.1 Å². The van der Waals surface area contributed by atoms with Crippen LogP contribution in [0.25, 0.3) is 0 Å². The molecule has 0 unspecified atom stereocenters. The Morgan fingerprint density at radius 3 is 1.54 bits per heavy atom. The SMILES string of the molecule is CC(C)[C@H](NCCCOCCOCCOCCOCCOCCOCCOCCOCCNC(=O)CCN1C(=O)C=CC1=O)C(=O)N[C@@H](C)C(=O)Nc1ccc(COC(=O)N(C)C)cc1. The van der Waals surface area contributed by atoms with E-state index in [1.54, 1.807) is 45.3 Å². The first-order chi connectivity index (χ1) is 31.4. The van der Waals surface area contributed by atoms with Crippen molar-refractivity contribution in [3.05, 3.63) is 42.0 Å². The summed E-state index contributed by atoms with van der Waals surface area (Å²) in [4.78, 5) is 74.5. The van der Waals surface area contributed by atoms with Gasteiger partial charge in [0, 0.05) is 58.1 Å². The monoisotopic (exact) mass is 925 g/mol. The van der Waals surface area contributed by atoms with E-state index in [4.69, 9.17) is 42.6 Å². The van der Waals surface area contributed by atoms with Gasteiger partial charge >= 0.3 is 6.09 Å². The van der Waals surface area contributed by atoms with Gasteiger partial charge < -0.3 is 68.8 Å². The summed E-state index contributed by atoms with van der Waals surface area (Å²) in [5.41, 5.74) is 1.34. The highest BCUT2D eigenvalue weighted by Gasteiger charge is 2.25. The van der Waals surface area contributed by atoms with Crippen molar-refractivity contribution in [2.75, 3.05) is 145 Å². The molecule has 2 atom stereocenters. The number of nitrogens with zero attached hydrogens (tertiary/aromatic N) is 2. The van der Waals surface area contributed by atoms with Gasteiger partial charge in [0.15, 0.2) is 0 Å². The van der Waals surface area contributed by atoms with Crippen molar-refractivity contribution >= 4 is 41.3 Å². The van der Waals surface area contributed by atoms with Crippen molar-refractivity contribution in [2.45, 2.75) is 52.3 Å². The van der Waals surface area contributed by atoms with Gasteiger partial charge in [-0.3, -0.25) is 28.9 Å². The number of hydrogen-bond acceptors (Lipinski definition) is 16. The fourth-order valence-corrected chi connectivity index (χ4v) is 5.50. The zero-order chi connectivity index (χ0) is 47.5. The number of carbonyl (C=O) groups excluding carboxylic acids is 6. The number of hydrogen-bond donors (Lipinski definition) is 4. The summed E-state index contributed by atoms with van der Waals surface area (Å²) in [7, 11) is 3.21. The summed E-state index contributed by atoms with van der Waals surface area (Å²) in [5.74, 6) is -1.69. The number of benzene rings is 1. The Hall–Kier alpha value is -4.58. The molecular weight excluding hydrogens is 853 g/mol. The number of rotatable bonds is 39. The van der Waals surface area contributed by atoms with Gasteiger partial charge in [0.25, 0.3) is 11.8 Å². The van der Waals surface area contributed by atoms with Crippen LogP contribution in [0.15, 0.2) is 36.4 Å². The summed E-state index contributed by atoms with van der Waals surface area (Å²) < 4.78 is 49.2. The summed E-state index contributed by atoms with van der Waals surface area (Å²) in [6.07, 6.45) is 2.67. The minimum Gasteiger partial charge on any atom is -0.445 e. The second-order valence-corrected chi connectivity index (χ2v) is 15.1. The van der Waals surface area contributed by atoms with Crippen LogP contribution in [0.4, 0.5) is 10.5 Å². The van der Waals surface area contributed by atoms with Gasteiger partial charge in [-0.15, -0.1) is 0 Å². The van der Waals surface area contributed by atoms with Gasteiger partial charge in [-0.1, -0.05) is 26.0 Å². The molecule has 1 aliphatic rings. The van der Waals surface area contributed by atoms with Crippen LogP contribution in [0.1, 0.15) is 39.2 Å². The molecule has 0 fully saturated rings. The Morgan fingerprint density at radius 2 is 1.08 bits per heavy atom. The summed E-state index contributed by atoms with van der Waals surface area (Å²) in [6, 6.07) is 5.68. The molecule has 0 spiro atoms. The van der Waals surface area contributed by atoms with Crippen molar-refractivity contribution in [1.29, 1.82) is 0 Å².